The smallest absolute Gasteiger partial charge is 0.243 e. The predicted octanol–water partition coefficient (Wildman–Crippen LogP) is 0.906. The number of hydrogen-bond acceptors (Lipinski definition) is 4. The second-order valence-electron chi connectivity index (χ2n) is 4.89. The molecular weight excluding hydrogens is 288 g/mol. The SMILES string of the molecule is COCC(C)NC(=NCC(=O)N(C)C)NCc1cccs1. The van der Waals surface area contributed by atoms with E-state index in [1.165, 1.54) is 9.78 Å². The van der Waals surface area contributed by atoms with E-state index in [1.54, 1.807) is 32.5 Å². The molecule has 0 saturated carbocycles. The van der Waals surface area contributed by atoms with Crippen molar-refractivity contribution >= 4 is 23.2 Å². The van der Waals surface area contributed by atoms with Gasteiger partial charge in [0.2, 0.25) is 5.91 Å². The summed E-state index contributed by atoms with van der Waals surface area (Å²) in [5, 5.41) is 8.48. The monoisotopic (exact) mass is 312 g/mol. The third-order valence-electron chi connectivity index (χ3n) is 2.68. The second kappa shape index (κ2) is 9.36. The summed E-state index contributed by atoms with van der Waals surface area (Å²) in [5.41, 5.74) is 0. The minimum absolute atomic E-state index is 0.0355. The highest BCUT2D eigenvalue weighted by molar-refractivity contribution is 7.09. The van der Waals surface area contributed by atoms with Crippen LogP contribution in [0.1, 0.15) is 11.8 Å². The van der Waals surface area contributed by atoms with E-state index >= 15 is 0 Å². The quantitative estimate of drug-likeness (QED) is 0.580. The lowest BCUT2D eigenvalue weighted by Crippen LogP contribution is -2.44. The molecule has 1 atom stereocenters. The van der Waals surface area contributed by atoms with Gasteiger partial charge in [-0.3, -0.25) is 4.79 Å². The molecule has 0 aliphatic carbocycles. The highest BCUT2D eigenvalue weighted by Gasteiger charge is 2.08. The van der Waals surface area contributed by atoms with Crippen molar-refractivity contribution in [3.63, 3.8) is 0 Å². The summed E-state index contributed by atoms with van der Waals surface area (Å²) in [6.07, 6.45) is 0. The van der Waals surface area contributed by atoms with Crippen LogP contribution in [0.5, 0.6) is 0 Å². The summed E-state index contributed by atoms with van der Waals surface area (Å²) < 4.78 is 5.10. The molecular formula is C14H24N4O2S. The first-order valence-corrected chi connectivity index (χ1v) is 7.67. The highest BCUT2D eigenvalue weighted by atomic mass is 32.1. The van der Waals surface area contributed by atoms with Crippen molar-refractivity contribution in [1.29, 1.82) is 0 Å². The van der Waals surface area contributed by atoms with Gasteiger partial charge < -0.3 is 20.3 Å². The van der Waals surface area contributed by atoms with Crippen LogP contribution >= 0.6 is 11.3 Å². The van der Waals surface area contributed by atoms with Crippen LogP contribution in [0.4, 0.5) is 0 Å². The first-order valence-electron chi connectivity index (χ1n) is 6.79. The maximum absolute atomic E-state index is 11.6. The third-order valence-corrected chi connectivity index (χ3v) is 3.56. The van der Waals surface area contributed by atoms with Gasteiger partial charge in [0.25, 0.3) is 0 Å². The van der Waals surface area contributed by atoms with E-state index in [1.807, 2.05) is 18.4 Å². The molecule has 0 aliphatic heterocycles. The number of rotatable bonds is 7. The van der Waals surface area contributed by atoms with Crippen LogP contribution in [0.25, 0.3) is 0 Å². The van der Waals surface area contributed by atoms with E-state index in [-0.39, 0.29) is 18.5 Å². The molecule has 0 bridgehead atoms. The van der Waals surface area contributed by atoms with Gasteiger partial charge in [-0.15, -0.1) is 11.3 Å². The summed E-state index contributed by atoms with van der Waals surface area (Å²) in [6.45, 7) is 3.37. The molecule has 6 nitrogen and oxygen atoms in total. The van der Waals surface area contributed by atoms with E-state index in [2.05, 4.69) is 21.7 Å². The predicted molar refractivity (Wildman–Crippen MR) is 86.6 cm³/mol. The van der Waals surface area contributed by atoms with E-state index in [0.717, 1.165) is 0 Å². The van der Waals surface area contributed by atoms with E-state index in [4.69, 9.17) is 4.74 Å². The largest absolute Gasteiger partial charge is 0.383 e. The van der Waals surface area contributed by atoms with Crippen LogP contribution in [0.15, 0.2) is 22.5 Å². The van der Waals surface area contributed by atoms with Crippen molar-refractivity contribution in [3.8, 4) is 0 Å². The molecule has 0 radical (unpaired) electrons. The average Bonchev–Trinajstić information content (AvgIpc) is 2.94. The van der Waals surface area contributed by atoms with Gasteiger partial charge >= 0.3 is 0 Å². The Morgan fingerprint density at radius 1 is 1.52 bits per heavy atom. The standard InChI is InChI=1S/C14H24N4O2S/c1-11(10-20-4)17-14(16-9-13(19)18(2)3)15-8-12-6-5-7-21-12/h5-7,11H,8-10H2,1-4H3,(H2,15,16,17). The fourth-order valence-corrected chi connectivity index (χ4v) is 2.19. The molecule has 1 aromatic heterocycles. The second-order valence-corrected chi connectivity index (χ2v) is 5.92. The molecule has 0 aliphatic rings. The molecule has 0 saturated heterocycles. The Bertz CT molecular complexity index is 446. The number of nitrogens with zero attached hydrogens (tertiary/aromatic N) is 2. The van der Waals surface area contributed by atoms with Crippen LogP contribution in [-0.4, -0.2) is 57.2 Å². The molecule has 1 aromatic rings. The van der Waals surface area contributed by atoms with Crippen LogP contribution in [0, 0.1) is 0 Å². The van der Waals surface area contributed by atoms with Gasteiger partial charge in [0.15, 0.2) is 5.96 Å². The molecule has 7 heteroatoms. The third kappa shape index (κ3) is 7.10. The molecule has 118 valence electrons. The van der Waals surface area contributed by atoms with E-state index in [9.17, 15) is 4.79 Å². The van der Waals surface area contributed by atoms with Crippen LogP contribution in [-0.2, 0) is 16.1 Å². The fourth-order valence-electron chi connectivity index (χ4n) is 1.55. The zero-order valence-electron chi connectivity index (χ0n) is 13.0. The summed E-state index contributed by atoms with van der Waals surface area (Å²) in [7, 11) is 5.10. The summed E-state index contributed by atoms with van der Waals surface area (Å²) in [5.74, 6) is 0.578. The minimum Gasteiger partial charge on any atom is -0.383 e. The number of carbonyl (C=O) groups excluding carboxylic acids is 1. The molecule has 0 aromatic carbocycles. The number of nitrogens with one attached hydrogen (secondary N) is 2. The number of amides is 1. The highest BCUT2D eigenvalue weighted by Crippen LogP contribution is 2.07. The van der Waals surface area contributed by atoms with Crippen LogP contribution in [0.2, 0.25) is 0 Å². The van der Waals surface area contributed by atoms with Gasteiger partial charge in [0.1, 0.15) is 6.54 Å². The first kappa shape index (κ1) is 17.5. The van der Waals surface area contributed by atoms with Crippen LogP contribution < -0.4 is 10.6 Å². The summed E-state index contributed by atoms with van der Waals surface area (Å²) in [6, 6.07) is 4.17. The lowest BCUT2D eigenvalue weighted by Gasteiger charge is -2.18. The number of hydrogen-bond donors (Lipinski definition) is 2. The Kier molecular flexibility index (Phi) is 7.78. The number of aliphatic imine (C=N–C) groups is 1. The Labute approximate surface area is 130 Å². The number of carbonyl (C=O) groups is 1. The average molecular weight is 312 g/mol. The number of ether oxygens (including phenoxy) is 1. The number of thiophene rings is 1. The Morgan fingerprint density at radius 2 is 2.29 bits per heavy atom. The van der Waals surface area contributed by atoms with Crippen LogP contribution in [0.3, 0.4) is 0 Å². The molecule has 1 rings (SSSR count). The summed E-state index contributed by atoms with van der Waals surface area (Å²) >= 11 is 1.68. The molecule has 1 heterocycles. The summed E-state index contributed by atoms with van der Waals surface area (Å²) in [4.78, 5) is 18.7. The van der Waals surface area contributed by atoms with Gasteiger partial charge in [0, 0.05) is 32.1 Å². The zero-order chi connectivity index (χ0) is 15.7. The van der Waals surface area contributed by atoms with E-state index < -0.39 is 0 Å². The molecule has 2 N–H and O–H groups in total. The van der Waals surface area contributed by atoms with Crippen molar-refractivity contribution in [2.75, 3.05) is 34.4 Å². The molecule has 1 amide bonds. The molecule has 0 fully saturated rings. The van der Waals surface area contributed by atoms with Crippen molar-refractivity contribution in [2.45, 2.75) is 19.5 Å². The van der Waals surface area contributed by atoms with E-state index in [0.29, 0.717) is 19.1 Å². The minimum atomic E-state index is -0.0355. The fraction of sp³-hybridized carbons (Fsp3) is 0.571. The van der Waals surface area contributed by atoms with Gasteiger partial charge in [-0.1, -0.05) is 6.07 Å². The first-order chi connectivity index (χ1) is 10.0. The number of guanidine groups is 1. The van der Waals surface area contributed by atoms with Gasteiger partial charge in [0.05, 0.1) is 13.2 Å². The van der Waals surface area contributed by atoms with Crippen molar-refractivity contribution < 1.29 is 9.53 Å². The normalized spacial score (nSPS) is 12.9. The Hall–Kier alpha value is -1.60. The molecule has 0 spiro atoms. The van der Waals surface area contributed by atoms with Gasteiger partial charge in [-0.05, 0) is 18.4 Å². The van der Waals surface area contributed by atoms with Crippen molar-refractivity contribution in [3.05, 3.63) is 22.4 Å². The van der Waals surface area contributed by atoms with Gasteiger partial charge in [-0.2, -0.15) is 0 Å². The lowest BCUT2D eigenvalue weighted by atomic mass is 10.4. The van der Waals surface area contributed by atoms with Crippen molar-refractivity contribution in [1.82, 2.24) is 15.5 Å². The zero-order valence-corrected chi connectivity index (χ0v) is 13.9. The molecule has 21 heavy (non-hydrogen) atoms. The van der Waals surface area contributed by atoms with Gasteiger partial charge in [-0.25, -0.2) is 4.99 Å². The van der Waals surface area contributed by atoms with Crippen molar-refractivity contribution in [2.24, 2.45) is 4.99 Å². The topological polar surface area (TPSA) is 66.0 Å². The number of likely N-dealkylation sites (N-methyl/N-ethyl adjacent to an activating group) is 1. The maximum atomic E-state index is 11.6. The molecule has 1 unspecified atom stereocenters. The maximum Gasteiger partial charge on any atom is 0.243 e. The number of methoxy groups -OCH3 is 1. The Morgan fingerprint density at radius 3 is 2.86 bits per heavy atom. The lowest BCUT2D eigenvalue weighted by molar-refractivity contribution is -0.127. The Balaban J connectivity index is 2.59.